The fourth-order valence-corrected chi connectivity index (χ4v) is 2.52. The lowest BCUT2D eigenvalue weighted by atomic mass is 10.2. The molecule has 2 N–H and O–H groups in total. The molecule has 2 rings (SSSR count). The van der Waals surface area contributed by atoms with E-state index in [0.717, 1.165) is 10.7 Å². The van der Waals surface area contributed by atoms with Crippen LogP contribution < -0.4 is 0 Å². The van der Waals surface area contributed by atoms with Crippen LogP contribution in [0.2, 0.25) is 0 Å². The second-order valence-corrected chi connectivity index (χ2v) is 5.07. The molecule has 0 atom stereocenters. The normalized spacial score (nSPS) is 11.1. The Morgan fingerprint density at radius 3 is 2.94 bits per heavy atom. The van der Waals surface area contributed by atoms with Crippen LogP contribution in [0.4, 0.5) is 0 Å². The second-order valence-electron chi connectivity index (χ2n) is 4.13. The summed E-state index contributed by atoms with van der Waals surface area (Å²) in [6.45, 7) is 3.18. The van der Waals surface area contributed by atoms with Crippen molar-refractivity contribution in [1.82, 2.24) is 20.1 Å². The summed E-state index contributed by atoms with van der Waals surface area (Å²) >= 11 is 1.61. The van der Waals surface area contributed by atoms with Crippen molar-refractivity contribution in [3.05, 3.63) is 33.5 Å². The van der Waals surface area contributed by atoms with Crippen LogP contribution in [0, 0.1) is 6.92 Å². The molecule has 0 saturated carbocycles. The largest absolute Gasteiger partial charge is 0.477 e. The summed E-state index contributed by atoms with van der Waals surface area (Å²) in [4.78, 5) is 17.3. The molecule has 0 bridgehead atoms. The van der Waals surface area contributed by atoms with Gasteiger partial charge in [-0.25, -0.2) is 9.78 Å². The zero-order chi connectivity index (χ0) is 13.1. The monoisotopic (exact) mass is 266 g/mol. The number of hydrogen-bond donors (Lipinski definition) is 2. The molecule has 0 aromatic carbocycles. The minimum atomic E-state index is -0.985. The third-order valence-corrected chi connectivity index (χ3v) is 3.40. The SMILES string of the molecule is Cc1csc(CN(C)Cc2cn[nH]c2C(=O)O)n1. The van der Waals surface area contributed by atoms with E-state index in [-0.39, 0.29) is 5.69 Å². The predicted octanol–water partition coefficient (Wildman–Crippen LogP) is 1.50. The van der Waals surface area contributed by atoms with Crippen LogP contribution >= 0.6 is 11.3 Å². The standard InChI is InChI=1S/C11H14N4O2S/c1-7-6-18-9(13-7)5-15(2)4-8-3-12-14-10(8)11(16)17/h3,6H,4-5H2,1-2H3,(H,12,14)(H,16,17). The van der Waals surface area contributed by atoms with E-state index in [9.17, 15) is 4.79 Å². The molecule has 2 aromatic heterocycles. The number of thiazole rings is 1. The van der Waals surface area contributed by atoms with E-state index in [1.807, 2.05) is 24.3 Å². The molecule has 18 heavy (non-hydrogen) atoms. The van der Waals surface area contributed by atoms with E-state index >= 15 is 0 Å². The van der Waals surface area contributed by atoms with E-state index in [0.29, 0.717) is 18.7 Å². The Labute approximate surface area is 108 Å². The zero-order valence-electron chi connectivity index (χ0n) is 10.2. The Bertz CT molecular complexity index is 549. The maximum absolute atomic E-state index is 10.9. The highest BCUT2D eigenvalue weighted by Gasteiger charge is 2.14. The van der Waals surface area contributed by atoms with E-state index in [4.69, 9.17) is 5.11 Å². The number of carboxylic acids is 1. The summed E-state index contributed by atoms with van der Waals surface area (Å²) in [5.41, 5.74) is 1.84. The molecule has 7 heteroatoms. The van der Waals surface area contributed by atoms with Gasteiger partial charge in [0.25, 0.3) is 0 Å². The summed E-state index contributed by atoms with van der Waals surface area (Å²) in [6, 6.07) is 0. The topological polar surface area (TPSA) is 82.1 Å². The van der Waals surface area contributed by atoms with Crippen molar-refractivity contribution >= 4 is 17.3 Å². The fourth-order valence-electron chi connectivity index (χ4n) is 1.67. The van der Waals surface area contributed by atoms with E-state index < -0.39 is 5.97 Å². The average molecular weight is 266 g/mol. The van der Waals surface area contributed by atoms with Gasteiger partial charge in [-0.2, -0.15) is 5.10 Å². The summed E-state index contributed by atoms with van der Waals surface area (Å²) in [5.74, 6) is -0.985. The number of nitrogens with zero attached hydrogens (tertiary/aromatic N) is 3. The van der Waals surface area contributed by atoms with Crippen molar-refractivity contribution in [2.75, 3.05) is 7.05 Å². The number of aromatic amines is 1. The summed E-state index contributed by atoms with van der Waals surface area (Å²) in [5, 5.41) is 18.2. The number of carboxylic acid groups (broad SMARTS) is 1. The molecule has 0 saturated heterocycles. The van der Waals surface area contributed by atoms with Crippen LogP contribution in [0.3, 0.4) is 0 Å². The average Bonchev–Trinajstić information content (AvgIpc) is 2.87. The van der Waals surface area contributed by atoms with Crippen LogP contribution in [-0.4, -0.2) is 38.2 Å². The number of nitrogens with one attached hydrogen (secondary N) is 1. The van der Waals surface area contributed by atoms with Gasteiger partial charge in [-0.05, 0) is 14.0 Å². The van der Waals surface area contributed by atoms with Gasteiger partial charge in [-0.3, -0.25) is 10.00 Å². The zero-order valence-corrected chi connectivity index (χ0v) is 11.0. The molecule has 2 heterocycles. The van der Waals surface area contributed by atoms with Crippen molar-refractivity contribution in [2.45, 2.75) is 20.0 Å². The van der Waals surface area contributed by atoms with Gasteiger partial charge >= 0.3 is 5.97 Å². The highest BCUT2D eigenvalue weighted by atomic mass is 32.1. The predicted molar refractivity (Wildman–Crippen MR) is 67.6 cm³/mol. The molecule has 0 aliphatic rings. The van der Waals surface area contributed by atoms with Gasteiger partial charge in [0.15, 0.2) is 0 Å². The van der Waals surface area contributed by atoms with Gasteiger partial charge in [0, 0.05) is 23.2 Å². The highest BCUT2D eigenvalue weighted by molar-refractivity contribution is 7.09. The number of carbonyl (C=O) groups is 1. The molecule has 0 amide bonds. The lowest BCUT2D eigenvalue weighted by Crippen LogP contribution is -2.18. The van der Waals surface area contributed by atoms with Gasteiger partial charge in [0.05, 0.1) is 12.7 Å². The Hall–Kier alpha value is -1.73. The van der Waals surface area contributed by atoms with Crippen molar-refractivity contribution < 1.29 is 9.90 Å². The van der Waals surface area contributed by atoms with Gasteiger partial charge in [-0.15, -0.1) is 11.3 Å². The minimum Gasteiger partial charge on any atom is -0.477 e. The molecule has 2 aromatic rings. The van der Waals surface area contributed by atoms with Crippen molar-refractivity contribution in [3.8, 4) is 0 Å². The molecular weight excluding hydrogens is 252 g/mol. The lowest BCUT2D eigenvalue weighted by Gasteiger charge is -2.14. The van der Waals surface area contributed by atoms with E-state index in [1.165, 1.54) is 0 Å². The summed E-state index contributed by atoms with van der Waals surface area (Å²) in [6.07, 6.45) is 1.55. The number of aromatic nitrogens is 3. The first-order chi connectivity index (χ1) is 8.56. The van der Waals surface area contributed by atoms with Crippen LogP contribution in [0.5, 0.6) is 0 Å². The molecule has 0 aliphatic heterocycles. The molecular formula is C11H14N4O2S. The third-order valence-electron chi connectivity index (χ3n) is 2.44. The highest BCUT2D eigenvalue weighted by Crippen LogP contribution is 2.13. The molecule has 0 radical (unpaired) electrons. The molecule has 0 aliphatic carbocycles. The first kappa shape index (κ1) is 12.7. The van der Waals surface area contributed by atoms with E-state index in [2.05, 4.69) is 15.2 Å². The quantitative estimate of drug-likeness (QED) is 0.857. The van der Waals surface area contributed by atoms with Gasteiger partial charge in [0.2, 0.25) is 0 Å². The smallest absolute Gasteiger partial charge is 0.354 e. The van der Waals surface area contributed by atoms with Crippen LogP contribution in [-0.2, 0) is 13.1 Å². The lowest BCUT2D eigenvalue weighted by molar-refractivity contribution is 0.0688. The summed E-state index contributed by atoms with van der Waals surface area (Å²) in [7, 11) is 1.93. The Balaban J connectivity index is 2.00. The maximum atomic E-state index is 10.9. The van der Waals surface area contributed by atoms with E-state index in [1.54, 1.807) is 17.5 Å². The fraction of sp³-hybridized carbons (Fsp3) is 0.364. The first-order valence-electron chi connectivity index (χ1n) is 5.41. The number of H-pyrrole nitrogens is 1. The Morgan fingerprint density at radius 2 is 2.33 bits per heavy atom. The second kappa shape index (κ2) is 5.28. The minimum absolute atomic E-state index is 0.150. The molecule has 96 valence electrons. The number of hydrogen-bond acceptors (Lipinski definition) is 5. The van der Waals surface area contributed by atoms with Gasteiger partial charge < -0.3 is 5.11 Å². The van der Waals surface area contributed by atoms with Crippen LogP contribution in [0.1, 0.15) is 26.8 Å². The van der Waals surface area contributed by atoms with Gasteiger partial charge in [-0.1, -0.05) is 0 Å². The Kier molecular flexibility index (Phi) is 3.73. The van der Waals surface area contributed by atoms with Crippen molar-refractivity contribution in [1.29, 1.82) is 0 Å². The molecule has 0 spiro atoms. The Morgan fingerprint density at radius 1 is 1.56 bits per heavy atom. The number of aromatic carboxylic acids is 1. The molecule has 0 fully saturated rings. The molecule has 0 unspecified atom stereocenters. The first-order valence-corrected chi connectivity index (χ1v) is 6.29. The van der Waals surface area contributed by atoms with Crippen LogP contribution in [0.15, 0.2) is 11.6 Å². The van der Waals surface area contributed by atoms with Crippen molar-refractivity contribution in [3.63, 3.8) is 0 Å². The third kappa shape index (κ3) is 2.93. The summed E-state index contributed by atoms with van der Waals surface area (Å²) < 4.78 is 0. The number of rotatable bonds is 5. The number of aryl methyl sites for hydroxylation is 1. The van der Waals surface area contributed by atoms with Crippen molar-refractivity contribution in [2.24, 2.45) is 0 Å². The van der Waals surface area contributed by atoms with Crippen LogP contribution in [0.25, 0.3) is 0 Å². The van der Waals surface area contributed by atoms with Gasteiger partial charge in [0.1, 0.15) is 10.7 Å². The maximum Gasteiger partial charge on any atom is 0.354 e. The molecule has 6 nitrogen and oxygen atoms in total.